The first-order chi connectivity index (χ1) is 9.13. The molecule has 1 fully saturated rings. The van der Waals surface area contributed by atoms with E-state index in [1.165, 1.54) is 18.5 Å². The van der Waals surface area contributed by atoms with Gasteiger partial charge >= 0.3 is 0 Å². The van der Waals surface area contributed by atoms with Crippen molar-refractivity contribution in [2.75, 3.05) is 26.2 Å². The van der Waals surface area contributed by atoms with E-state index in [9.17, 15) is 0 Å². The summed E-state index contributed by atoms with van der Waals surface area (Å²) < 4.78 is 1.05. The first kappa shape index (κ1) is 15.3. The van der Waals surface area contributed by atoms with Crippen LogP contribution in [0.4, 0.5) is 0 Å². The van der Waals surface area contributed by atoms with Crippen molar-refractivity contribution in [2.45, 2.75) is 32.9 Å². The predicted molar refractivity (Wildman–Crippen MR) is 85.8 cm³/mol. The monoisotopic (exact) mass is 344 g/mol. The van der Waals surface area contributed by atoms with Crippen molar-refractivity contribution in [1.82, 2.24) is 9.80 Å². The van der Waals surface area contributed by atoms with Crippen LogP contribution in [0.25, 0.3) is 0 Å². The Morgan fingerprint density at radius 1 is 1.37 bits per heavy atom. The Bertz CT molecular complexity index is 421. The molecule has 0 aliphatic carbocycles. The largest absolute Gasteiger partial charge is 0.300 e. The van der Waals surface area contributed by atoms with Crippen molar-refractivity contribution in [2.24, 2.45) is 0 Å². The van der Waals surface area contributed by atoms with E-state index >= 15 is 0 Å². The summed E-state index contributed by atoms with van der Waals surface area (Å²) in [4.78, 5) is 5.07. The molecule has 2 nitrogen and oxygen atoms in total. The Hall–Kier alpha value is -0.0900. The van der Waals surface area contributed by atoms with Crippen LogP contribution < -0.4 is 0 Å². The molecule has 1 atom stereocenters. The van der Waals surface area contributed by atoms with Crippen LogP contribution in [0.5, 0.6) is 0 Å². The number of likely N-dealkylation sites (N-methyl/N-ethyl adjacent to an activating group) is 1. The number of nitrogens with zero attached hydrogens (tertiary/aromatic N) is 2. The van der Waals surface area contributed by atoms with Gasteiger partial charge in [-0.25, -0.2) is 0 Å². The molecule has 1 aromatic carbocycles. The third-order valence-electron chi connectivity index (χ3n) is 3.99. The van der Waals surface area contributed by atoms with Gasteiger partial charge in [-0.2, -0.15) is 0 Å². The minimum Gasteiger partial charge on any atom is -0.300 e. The van der Waals surface area contributed by atoms with Crippen LogP contribution in [-0.4, -0.2) is 42.0 Å². The van der Waals surface area contributed by atoms with Gasteiger partial charge in [0.25, 0.3) is 0 Å². The van der Waals surface area contributed by atoms with E-state index in [2.05, 4.69) is 51.7 Å². The summed E-state index contributed by atoms with van der Waals surface area (Å²) in [5, 5.41) is 0.862. The van der Waals surface area contributed by atoms with Crippen LogP contribution in [-0.2, 0) is 6.54 Å². The Balaban J connectivity index is 1.94. The summed E-state index contributed by atoms with van der Waals surface area (Å²) in [6.45, 7) is 10.1. The molecule has 1 aromatic rings. The predicted octanol–water partition coefficient (Wildman–Crippen LogP) is 4.02. The Morgan fingerprint density at radius 2 is 2.11 bits per heavy atom. The van der Waals surface area contributed by atoms with Gasteiger partial charge in [0.2, 0.25) is 0 Å². The molecular weight excluding hydrogens is 324 g/mol. The summed E-state index contributed by atoms with van der Waals surface area (Å²) in [6.07, 6.45) is 1.27. The fourth-order valence-electron chi connectivity index (χ4n) is 2.88. The first-order valence-electron chi connectivity index (χ1n) is 7.04. The lowest BCUT2D eigenvalue weighted by Crippen LogP contribution is -2.37. The summed E-state index contributed by atoms with van der Waals surface area (Å²) >= 11 is 9.75. The van der Waals surface area contributed by atoms with Gasteiger partial charge in [-0.05, 0) is 37.2 Å². The van der Waals surface area contributed by atoms with E-state index in [4.69, 9.17) is 11.6 Å². The molecule has 1 aliphatic rings. The number of hydrogen-bond acceptors (Lipinski definition) is 2. The fourth-order valence-corrected chi connectivity index (χ4v) is 3.62. The van der Waals surface area contributed by atoms with Crippen LogP contribution in [0.2, 0.25) is 5.02 Å². The van der Waals surface area contributed by atoms with E-state index in [1.807, 2.05) is 6.07 Å². The molecule has 0 aromatic heterocycles. The quantitative estimate of drug-likeness (QED) is 0.795. The zero-order valence-electron chi connectivity index (χ0n) is 11.7. The van der Waals surface area contributed by atoms with Crippen molar-refractivity contribution >= 4 is 27.5 Å². The lowest BCUT2D eigenvalue weighted by Gasteiger charge is -2.26. The number of rotatable bonds is 5. The highest BCUT2D eigenvalue weighted by Crippen LogP contribution is 2.24. The number of likely N-dealkylation sites (tertiary alicyclic amines) is 1. The van der Waals surface area contributed by atoms with Gasteiger partial charge < -0.3 is 0 Å². The molecule has 0 radical (unpaired) electrons. The third kappa shape index (κ3) is 3.94. The number of benzene rings is 1. The van der Waals surface area contributed by atoms with Crippen LogP contribution in [0.15, 0.2) is 22.7 Å². The Kier molecular flexibility index (Phi) is 5.70. The second kappa shape index (κ2) is 7.07. The third-order valence-corrected chi connectivity index (χ3v) is 4.83. The second-order valence-electron chi connectivity index (χ2n) is 5.13. The highest BCUT2D eigenvalue weighted by atomic mass is 79.9. The average molecular weight is 346 g/mol. The Labute approximate surface area is 129 Å². The lowest BCUT2D eigenvalue weighted by molar-refractivity contribution is 0.209. The molecule has 0 saturated carbocycles. The van der Waals surface area contributed by atoms with Crippen molar-refractivity contribution in [3.8, 4) is 0 Å². The van der Waals surface area contributed by atoms with Gasteiger partial charge in [-0.3, -0.25) is 9.80 Å². The SMILES string of the molecule is CCN(CC)C1CCN(Cc2ccc(Br)cc2Cl)C1. The summed E-state index contributed by atoms with van der Waals surface area (Å²) in [5.41, 5.74) is 1.23. The molecule has 2 rings (SSSR count). The molecule has 19 heavy (non-hydrogen) atoms. The van der Waals surface area contributed by atoms with Gasteiger partial charge in [-0.1, -0.05) is 47.4 Å². The topological polar surface area (TPSA) is 6.48 Å². The molecule has 106 valence electrons. The summed E-state index contributed by atoms with van der Waals surface area (Å²) in [5.74, 6) is 0. The fraction of sp³-hybridized carbons (Fsp3) is 0.600. The van der Waals surface area contributed by atoms with Crippen molar-refractivity contribution in [3.05, 3.63) is 33.3 Å². The van der Waals surface area contributed by atoms with Gasteiger partial charge in [0.1, 0.15) is 0 Å². The van der Waals surface area contributed by atoms with Gasteiger partial charge in [-0.15, -0.1) is 0 Å². The highest BCUT2D eigenvalue weighted by Gasteiger charge is 2.26. The maximum absolute atomic E-state index is 6.29. The normalized spacial score (nSPS) is 20.4. The van der Waals surface area contributed by atoms with E-state index in [0.717, 1.165) is 35.7 Å². The number of hydrogen-bond donors (Lipinski definition) is 0. The molecule has 4 heteroatoms. The first-order valence-corrected chi connectivity index (χ1v) is 8.21. The zero-order valence-corrected chi connectivity index (χ0v) is 14.0. The molecule has 1 heterocycles. The molecule has 1 aliphatic heterocycles. The lowest BCUT2D eigenvalue weighted by atomic mass is 10.2. The van der Waals surface area contributed by atoms with E-state index in [-0.39, 0.29) is 0 Å². The molecule has 0 bridgehead atoms. The Morgan fingerprint density at radius 3 is 2.74 bits per heavy atom. The van der Waals surface area contributed by atoms with Gasteiger partial charge in [0.05, 0.1) is 0 Å². The van der Waals surface area contributed by atoms with E-state index in [0.29, 0.717) is 6.04 Å². The average Bonchev–Trinajstić information content (AvgIpc) is 2.83. The number of halogens is 2. The van der Waals surface area contributed by atoms with Crippen LogP contribution in [0.3, 0.4) is 0 Å². The van der Waals surface area contributed by atoms with Crippen LogP contribution in [0, 0.1) is 0 Å². The summed E-state index contributed by atoms with van der Waals surface area (Å²) in [7, 11) is 0. The molecule has 1 unspecified atom stereocenters. The smallest absolute Gasteiger partial charge is 0.0462 e. The van der Waals surface area contributed by atoms with Crippen molar-refractivity contribution in [3.63, 3.8) is 0 Å². The maximum Gasteiger partial charge on any atom is 0.0462 e. The molecule has 1 saturated heterocycles. The zero-order chi connectivity index (χ0) is 13.8. The van der Waals surface area contributed by atoms with E-state index < -0.39 is 0 Å². The molecule has 0 amide bonds. The summed E-state index contributed by atoms with van der Waals surface area (Å²) in [6, 6.07) is 6.88. The van der Waals surface area contributed by atoms with E-state index in [1.54, 1.807) is 0 Å². The second-order valence-corrected chi connectivity index (χ2v) is 6.46. The van der Waals surface area contributed by atoms with Crippen LogP contribution in [0.1, 0.15) is 25.8 Å². The highest BCUT2D eigenvalue weighted by molar-refractivity contribution is 9.10. The minimum absolute atomic E-state index is 0.712. The molecule has 0 spiro atoms. The van der Waals surface area contributed by atoms with Crippen molar-refractivity contribution < 1.29 is 0 Å². The van der Waals surface area contributed by atoms with Crippen molar-refractivity contribution in [1.29, 1.82) is 0 Å². The van der Waals surface area contributed by atoms with Gasteiger partial charge in [0.15, 0.2) is 0 Å². The maximum atomic E-state index is 6.29. The standard InChI is InChI=1S/C15H22BrClN2/c1-3-19(4-2)14-7-8-18(11-14)10-12-5-6-13(16)9-15(12)17/h5-6,9,14H,3-4,7-8,10-11H2,1-2H3. The van der Waals surface area contributed by atoms with Crippen LogP contribution >= 0.6 is 27.5 Å². The molecular formula is C15H22BrClN2. The minimum atomic E-state index is 0.712. The molecule has 0 N–H and O–H groups in total. The van der Waals surface area contributed by atoms with Gasteiger partial charge in [0, 0.05) is 35.2 Å².